The molecule has 0 aliphatic rings. The number of carbonyl (C=O) groups is 1. The van der Waals surface area contributed by atoms with Crippen molar-refractivity contribution in [3.8, 4) is 11.5 Å². The highest BCUT2D eigenvalue weighted by Gasteiger charge is 2.15. The third kappa shape index (κ3) is 6.24. The average molecular weight is 441 g/mol. The second-order valence-electron chi connectivity index (χ2n) is 7.02. The fourth-order valence-electron chi connectivity index (χ4n) is 3.05. The van der Waals surface area contributed by atoms with Crippen LogP contribution in [0.1, 0.15) is 30.8 Å². The molecular formula is C23H28N4O3S. The molecule has 1 N–H and O–H groups in total. The van der Waals surface area contributed by atoms with Crippen LogP contribution in [0.4, 0.5) is 5.69 Å². The van der Waals surface area contributed by atoms with E-state index in [1.165, 1.54) is 11.8 Å². The first-order valence-electron chi connectivity index (χ1n) is 10.3. The van der Waals surface area contributed by atoms with Crippen molar-refractivity contribution in [2.45, 2.75) is 46.0 Å². The summed E-state index contributed by atoms with van der Waals surface area (Å²) in [5, 5.41) is 12.1. The van der Waals surface area contributed by atoms with Gasteiger partial charge in [0.2, 0.25) is 5.91 Å². The van der Waals surface area contributed by atoms with Gasteiger partial charge < -0.3 is 19.4 Å². The quantitative estimate of drug-likeness (QED) is 0.464. The van der Waals surface area contributed by atoms with Crippen molar-refractivity contribution in [3.63, 3.8) is 0 Å². The average Bonchev–Trinajstić information content (AvgIpc) is 3.14. The van der Waals surface area contributed by atoms with E-state index >= 15 is 0 Å². The van der Waals surface area contributed by atoms with Gasteiger partial charge in [0.1, 0.15) is 6.61 Å². The molecule has 0 aliphatic carbocycles. The van der Waals surface area contributed by atoms with Crippen LogP contribution in [0.15, 0.2) is 47.6 Å². The molecule has 0 unspecified atom stereocenters. The number of hydrogen-bond donors (Lipinski definition) is 1. The second-order valence-corrected chi connectivity index (χ2v) is 7.96. The number of benzene rings is 2. The fourth-order valence-corrected chi connectivity index (χ4v) is 3.87. The summed E-state index contributed by atoms with van der Waals surface area (Å²) < 4.78 is 13.6. The van der Waals surface area contributed by atoms with Crippen LogP contribution in [0, 0.1) is 13.8 Å². The highest BCUT2D eigenvalue weighted by molar-refractivity contribution is 7.99. The van der Waals surface area contributed by atoms with Gasteiger partial charge in [-0.3, -0.25) is 4.79 Å². The monoisotopic (exact) mass is 440 g/mol. The third-order valence-electron chi connectivity index (χ3n) is 4.50. The van der Waals surface area contributed by atoms with Crippen LogP contribution < -0.4 is 14.8 Å². The largest absolute Gasteiger partial charge is 0.490 e. The van der Waals surface area contributed by atoms with Gasteiger partial charge >= 0.3 is 0 Å². The molecule has 0 saturated heterocycles. The number of nitrogens with one attached hydrogen (secondary N) is 1. The SMILES string of the molecule is CCOc1cc(C)ccc1OCc1nnc(SCC(=O)Nc2cccc(C)c2)n1CC. The number of amides is 1. The van der Waals surface area contributed by atoms with E-state index < -0.39 is 0 Å². The molecule has 0 bridgehead atoms. The van der Waals surface area contributed by atoms with E-state index in [-0.39, 0.29) is 18.3 Å². The van der Waals surface area contributed by atoms with E-state index in [0.717, 1.165) is 16.8 Å². The standard InChI is InChI=1S/C23H28N4O3S/c1-5-27-21(14-30-19-11-10-17(4)13-20(19)29-6-2)25-26-23(27)31-15-22(28)24-18-9-7-8-16(3)12-18/h7-13H,5-6,14-15H2,1-4H3,(H,24,28). The van der Waals surface area contributed by atoms with Crippen molar-refractivity contribution in [1.29, 1.82) is 0 Å². The van der Waals surface area contributed by atoms with Gasteiger partial charge in [0.15, 0.2) is 22.5 Å². The lowest BCUT2D eigenvalue weighted by molar-refractivity contribution is -0.113. The van der Waals surface area contributed by atoms with Gasteiger partial charge in [0, 0.05) is 12.2 Å². The minimum absolute atomic E-state index is 0.0833. The Morgan fingerprint density at radius 2 is 1.84 bits per heavy atom. The molecule has 0 spiro atoms. The number of hydrogen-bond acceptors (Lipinski definition) is 6. The Kier molecular flexibility index (Phi) is 7.94. The summed E-state index contributed by atoms with van der Waals surface area (Å²) in [6.07, 6.45) is 0. The lowest BCUT2D eigenvalue weighted by atomic mass is 10.2. The Balaban J connectivity index is 1.61. The van der Waals surface area contributed by atoms with Gasteiger partial charge in [0.25, 0.3) is 0 Å². The first kappa shape index (κ1) is 22.7. The molecule has 0 saturated carbocycles. The summed E-state index contributed by atoms with van der Waals surface area (Å²) in [6.45, 7) is 9.47. The lowest BCUT2D eigenvalue weighted by Crippen LogP contribution is -2.15. The van der Waals surface area contributed by atoms with Gasteiger partial charge in [-0.25, -0.2) is 0 Å². The number of aryl methyl sites for hydroxylation is 2. The molecule has 0 atom stereocenters. The Morgan fingerprint density at radius 3 is 2.58 bits per heavy atom. The molecule has 8 heteroatoms. The number of nitrogens with zero attached hydrogens (tertiary/aromatic N) is 3. The molecular weight excluding hydrogens is 412 g/mol. The van der Waals surface area contributed by atoms with Crippen LogP contribution in [0.3, 0.4) is 0 Å². The van der Waals surface area contributed by atoms with Gasteiger partial charge in [-0.2, -0.15) is 0 Å². The van der Waals surface area contributed by atoms with Crippen molar-refractivity contribution in [2.75, 3.05) is 17.7 Å². The molecule has 31 heavy (non-hydrogen) atoms. The molecule has 1 heterocycles. The highest BCUT2D eigenvalue weighted by atomic mass is 32.2. The Bertz CT molecular complexity index is 1040. The van der Waals surface area contributed by atoms with Crippen molar-refractivity contribution in [3.05, 3.63) is 59.4 Å². The van der Waals surface area contributed by atoms with E-state index in [9.17, 15) is 4.79 Å². The van der Waals surface area contributed by atoms with Crippen LogP contribution >= 0.6 is 11.8 Å². The molecule has 0 radical (unpaired) electrons. The Morgan fingerprint density at radius 1 is 1.03 bits per heavy atom. The van der Waals surface area contributed by atoms with Crippen molar-refractivity contribution in [1.82, 2.24) is 14.8 Å². The molecule has 0 aliphatic heterocycles. The van der Waals surface area contributed by atoms with E-state index in [4.69, 9.17) is 9.47 Å². The molecule has 1 amide bonds. The fraction of sp³-hybridized carbons (Fsp3) is 0.348. The Labute approximate surface area is 187 Å². The van der Waals surface area contributed by atoms with Gasteiger partial charge in [-0.05, 0) is 63.1 Å². The minimum atomic E-state index is -0.0833. The first-order valence-corrected chi connectivity index (χ1v) is 11.3. The summed E-state index contributed by atoms with van der Waals surface area (Å²) in [7, 11) is 0. The van der Waals surface area contributed by atoms with Crippen molar-refractivity contribution in [2.24, 2.45) is 0 Å². The number of ether oxygens (including phenoxy) is 2. The zero-order chi connectivity index (χ0) is 22.2. The van der Waals surface area contributed by atoms with E-state index in [2.05, 4.69) is 15.5 Å². The van der Waals surface area contributed by atoms with Gasteiger partial charge in [-0.15, -0.1) is 10.2 Å². The van der Waals surface area contributed by atoms with Crippen molar-refractivity contribution < 1.29 is 14.3 Å². The van der Waals surface area contributed by atoms with Gasteiger partial charge in [-0.1, -0.05) is 30.0 Å². The molecule has 164 valence electrons. The molecule has 3 rings (SSSR count). The summed E-state index contributed by atoms with van der Waals surface area (Å²) >= 11 is 1.36. The van der Waals surface area contributed by atoms with Crippen LogP contribution in [0.5, 0.6) is 11.5 Å². The van der Waals surface area contributed by atoms with E-state index in [0.29, 0.717) is 35.6 Å². The molecule has 1 aromatic heterocycles. The summed E-state index contributed by atoms with van der Waals surface area (Å²) in [4.78, 5) is 12.3. The number of anilines is 1. The van der Waals surface area contributed by atoms with E-state index in [1.807, 2.05) is 74.7 Å². The van der Waals surface area contributed by atoms with Crippen LogP contribution in [-0.4, -0.2) is 33.0 Å². The number of carbonyl (C=O) groups excluding carboxylic acids is 1. The highest BCUT2D eigenvalue weighted by Crippen LogP contribution is 2.29. The molecule has 0 fully saturated rings. The van der Waals surface area contributed by atoms with Crippen LogP contribution in [0.25, 0.3) is 0 Å². The normalized spacial score (nSPS) is 10.7. The maximum Gasteiger partial charge on any atom is 0.234 e. The number of aromatic nitrogens is 3. The molecule has 7 nitrogen and oxygen atoms in total. The number of rotatable bonds is 10. The second kappa shape index (κ2) is 10.9. The lowest BCUT2D eigenvalue weighted by Gasteiger charge is -2.13. The first-order chi connectivity index (χ1) is 15.0. The van der Waals surface area contributed by atoms with Crippen LogP contribution in [-0.2, 0) is 17.9 Å². The topological polar surface area (TPSA) is 78.3 Å². The summed E-state index contributed by atoms with van der Waals surface area (Å²) in [6, 6.07) is 13.6. The zero-order valence-electron chi connectivity index (χ0n) is 18.3. The maximum atomic E-state index is 12.3. The third-order valence-corrected chi connectivity index (χ3v) is 5.47. The number of thioether (sulfide) groups is 1. The minimum Gasteiger partial charge on any atom is -0.490 e. The van der Waals surface area contributed by atoms with Crippen LogP contribution in [0.2, 0.25) is 0 Å². The van der Waals surface area contributed by atoms with E-state index in [1.54, 1.807) is 0 Å². The van der Waals surface area contributed by atoms with Crippen molar-refractivity contribution >= 4 is 23.4 Å². The smallest absolute Gasteiger partial charge is 0.234 e. The predicted octanol–water partition coefficient (Wildman–Crippen LogP) is 4.62. The molecule has 3 aromatic rings. The maximum absolute atomic E-state index is 12.3. The summed E-state index contributed by atoms with van der Waals surface area (Å²) in [5.41, 5.74) is 3.00. The predicted molar refractivity (Wildman–Crippen MR) is 123 cm³/mol. The Hall–Kier alpha value is -3.00. The summed E-state index contributed by atoms with van der Waals surface area (Å²) in [5.74, 6) is 2.25. The van der Waals surface area contributed by atoms with Gasteiger partial charge in [0.05, 0.1) is 12.4 Å². The molecule has 2 aromatic carbocycles. The zero-order valence-corrected chi connectivity index (χ0v) is 19.2.